The Balaban J connectivity index is 0.000000215. The van der Waals surface area contributed by atoms with E-state index in [1.165, 1.54) is 25.7 Å². The lowest BCUT2D eigenvalue weighted by Gasteiger charge is -2.27. The molecule has 184 valence electrons. The van der Waals surface area contributed by atoms with Crippen molar-refractivity contribution in [3.63, 3.8) is 0 Å². The van der Waals surface area contributed by atoms with E-state index in [0.29, 0.717) is 12.5 Å². The first-order chi connectivity index (χ1) is 16.3. The molecule has 4 rings (SSSR count). The largest absolute Gasteiger partial charge is 0.488 e. The minimum absolute atomic E-state index is 0.164. The van der Waals surface area contributed by atoms with Crippen LogP contribution in [0.25, 0.3) is 10.9 Å². The maximum atomic E-state index is 12.8. The average Bonchev–Trinajstić information content (AvgIpc) is 2.83. The summed E-state index contributed by atoms with van der Waals surface area (Å²) in [6, 6.07) is 10.3. The highest BCUT2D eigenvalue weighted by molar-refractivity contribution is 5.90. The molecule has 1 aliphatic rings. The molecule has 1 heterocycles. The Bertz CT molecular complexity index is 1090. The quantitative estimate of drug-likeness (QED) is 0.409. The van der Waals surface area contributed by atoms with E-state index in [4.69, 9.17) is 9.72 Å². The number of hydrogen-bond donors (Lipinski definition) is 1. The summed E-state index contributed by atoms with van der Waals surface area (Å²) in [4.78, 5) is 11.5. The Labute approximate surface area is 199 Å². The van der Waals surface area contributed by atoms with Gasteiger partial charge in [-0.05, 0) is 62.3 Å². The topological polar surface area (TPSA) is 50.3 Å². The zero-order valence-corrected chi connectivity index (χ0v) is 20.2. The van der Waals surface area contributed by atoms with Crippen LogP contribution in [-0.2, 0) is 0 Å². The van der Waals surface area contributed by atoms with E-state index < -0.39 is 23.2 Å². The SMILES string of the molecule is CC1CCC(Nc2nc(N(C)C)c3ccccc3n2)CC1.CCCOc1c(F)ccc(F)c1F. The Morgan fingerprint density at radius 3 is 2.32 bits per heavy atom. The molecule has 1 N–H and O–H groups in total. The standard InChI is InChI=1S/C17H24N4.C9H9F3O/c1-12-8-10-13(11-9-12)18-17-19-15-7-5-4-6-14(15)16(20-17)21(2)3;1-2-5-13-9-7(11)4-3-6(10)8(9)12/h4-7,12-13H,8-11H2,1-3H3,(H,18,19,20);3-4H,2,5H2,1H3. The molecule has 1 aliphatic carbocycles. The molecule has 0 bridgehead atoms. The molecule has 5 nitrogen and oxygen atoms in total. The molecule has 3 aromatic rings. The lowest BCUT2D eigenvalue weighted by molar-refractivity contribution is 0.278. The van der Waals surface area contributed by atoms with E-state index in [1.54, 1.807) is 6.92 Å². The molecule has 1 fully saturated rings. The van der Waals surface area contributed by atoms with E-state index >= 15 is 0 Å². The molecular weight excluding hydrogens is 441 g/mol. The molecule has 0 atom stereocenters. The van der Waals surface area contributed by atoms with Crippen LogP contribution in [-0.4, -0.2) is 36.7 Å². The minimum atomic E-state index is -1.27. The van der Waals surface area contributed by atoms with E-state index in [1.807, 2.05) is 26.2 Å². The Morgan fingerprint density at radius 1 is 0.971 bits per heavy atom. The van der Waals surface area contributed by atoms with Crippen molar-refractivity contribution in [3.8, 4) is 5.75 Å². The van der Waals surface area contributed by atoms with Gasteiger partial charge in [0.2, 0.25) is 11.8 Å². The lowest BCUT2D eigenvalue weighted by atomic mass is 9.87. The van der Waals surface area contributed by atoms with Gasteiger partial charge in [-0.1, -0.05) is 26.0 Å². The Kier molecular flexibility index (Phi) is 8.96. The molecule has 0 amide bonds. The van der Waals surface area contributed by atoms with Crippen LogP contribution in [0, 0.1) is 23.4 Å². The second-order valence-corrected chi connectivity index (χ2v) is 8.90. The van der Waals surface area contributed by atoms with Gasteiger partial charge in [-0.3, -0.25) is 0 Å². The van der Waals surface area contributed by atoms with Crippen LogP contribution >= 0.6 is 0 Å². The number of nitrogens with zero attached hydrogens (tertiary/aromatic N) is 3. The van der Waals surface area contributed by atoms with Gasteiger partial charge < -0.3 is 15.0 Å². The molecule has 0 aliphatic heterocycles. The van der Waals surface area contributed by atoms with Crippen LogP contribution in [0.3, 0.4) is 0 Å². The number of hydrogen-bond acceptors (Lipinski definition) is 5. The van der Waals surface area contributed by atoms with Crippen molar-refractivity contribution >= 4 is 22.7 Å². The summed E-state index contributed by atoms with van der Waals surface area (Å²) in [6.45, 7) is 4.29. The number of para-hydroxylation sites is 1. The minimum Gasteiger partial charge on any atom is -0.488 e. The first-order valence-corrected chi connectivity index (χ1v) is 11.8. The summed E-state index contributed by atoms with van der Waals surface area (Å²) in [5, 5.41) is 4.64. The molecule has 0 unspecified atom stereocenters. The summed E-state index contributed by atoms with van der Waals surface area (Å²) in [6.07, 6.45) is 5.64. The summed E-state index contributed by atoms with van der Waals surface area (Å²) in [7, 11) is 4.06. The van der Waals surface area contributed by atoms with Gasteiger partial charge in [-0.25, -0.2) is 13.8 Å². The number of ether oxygens (including phenoxy) is 1. The average molecular weight is 475 g/mol. The Hall–Kier alpha value is -3.03. The van der Waals surface area contributed by atoms with Crippen LogP contribution < -0.4 is 15.0 Å². The summed E-state index contributed by atoms with van der Waals surface area (Å²) in [5.41, 5.74) is 1.00. The van der Waals surface area contributed by atoms with Crippen LogP contribution in [0.4, 0.5) is 24.9 Å². The fraction of sp³-hybridized carbons (Fsp3) is 0.462. The Morgan fingerprint density at radius 2 is 1.65 bits per heavy atom. The van der Waals surface area contributed by atoms with Crippen molar-refractivity contribution < 1.29 is 17.9 Å². The van der Waals surface area contributed by atoms with E-state index in [-0.39, 0.29) is 6.61 Å². The molecule has 0 radical (unpaired) electrons. The van der Waals surface area contributed by atoms with Gasteiger partial charge in [-0.2, -0.15) is 9.37 Å². The number of rotatable bonds is 6. The molecule has 0 spiro atoms. The first kappa shape index (κ1) is 25.6. The number of benzene rings is 2. The van der Waals surface area contributed by atoms with Crippen LogP contribution in [0.2, 0.25) is 0 Å². The van der Waals surface area contributed by atoms with Crippen molar-refractivity contribution in [3.05, 3.63) is 53.8 Å². The number of aromatic nitrogens is 2. The zero-order chi connectivity index (χ0) is 24.7. The van der Waals surface area contributed by atoms with Crippen LogP contribution in [0.5, 0.6) is 5.75 Å². The van der Waals surface area contributed by atoms with Crippen molar-refractivity contribution in [2.45, 2.75) is 52.0 Å². The zero-order valence-electron chi connectivity index (χ0n) is 20.2. The smallest absolute Gasteiger partial charge is 0.225 e. The number of nitrogens with one attached hydrogen (secondary N) is 1. The number of fused-ring (bicyclic) bond motifs is 1. The highest BCUT2D eigenvalue weighted by Crippen LogP contribution is 2.28. The predicted molar refractivity (Wildman–Crippen MR) is 131 cm³/mol. The molecule has 1 aromatic heterocycles. The predicted octanol–water partition coefficient (Wildman–Crippen LogP) is 6.58. The van der Waals surface area contributed by atoms with Crippen molar-refractivity contribution in [2.75, 3.05) is 30.9 Å². The fourth-order valence-corrected chi connectivity index (χ4v) is 3.90. The van der Waals surface area contributed by atoms with Gasteiger partial charge in [0.25, 0.3) is 0 Å². The number of halogens is 3. The third-order valence-corrected chi connectivity index (χ3v) is 5.81. The molecular formula is C26H33F3N4O. The molecule has 1 saturated carbocycles. The van der Waals surface area contributed by atoms with Gasteiger partial charge >= 0.3 is 0 Å². The second kappa shape index (κ2) is 11.9. The highest BCUT2D eigenvalue weighted by atomic mass is 19.2. The van der Waals surface area contributed by atoms with Crippen LogP contribution in [0.15, 0.2) is 36.4 Å². The van der Waals surface area contributed by atoms with Gasteiger partial charge in [0.05, 0.1) is 12.1 Å². The lowest BCUT2D eigenvalue weighted by Crippen LogP contribution is -2.26. The van der Waals surface area contributed by atoms with E-state index in [9.17, 15) is 13.2 Å². The first-order valence-electron chi connectivity index (χ1n) is 11.8. The number of anilines is 2. The van der Waals surface area contributed by atoms with E-state index in [2.05, 4.69) is 34.3 Å². The third-order valence-electron chi connectivity index (χ3n) is 5.81. The summed E-state index contributed by atoms with van der Waals surface area (Å²) in [5.74, 6) is -1.29. The molecule has 2 aromatic carbocycles. The molecule has 0 saturated heterocycles. The third kappa shape index (κ3) is 6.52. The maximum absolute atomic E-state index is 12.8. The second-order valence-electron chi connectivity index (χ2n) is 8.90. The fourth-order valence-electron chi connectivity index (χ4n) is 3.90. The van der Waals surface area contributed by atoms with Crippen molar-refractivity contribution in [1.82, 2.24) is 9.97 Å². The molecule has 8 heteroatoms. The van der Waals surface area contributed by atoms with Crippen molar-refractivity contribution in [2.24, 2.45) is 5.92 Å². The van der Waals surface area contributed by atoms with Crippen molar-refractivity contribution in [1.29, 1.82) is 0 Å². The van der Waals surface area contributed by atoms with Crippen LogP contribution in [0.1, 0.15) is 46.0 Å². The van der Waals surface area contributed by atoms with E-state index in [0.717, 1.165) is 40.7 Å². The maximum Gasteiger partial charge on any atom is 0.225 e. The summed E-state index contributed by atoms with van der Waals surface area (Å²) < 4.78 is 42.9. The monoisotopic (exact) mass is 474 g/mol. The summed E-state index contributed by atoms with van der Waals surface area (Å²) >= 11 is 0. The van der Waals surface area contributed by atoms with Gasteiger partial charge in [0, 0.05) is 25.5 Å². The molecule has 34 heavy (non-hydrogen) atoms. The van der Waals surface area contributed by atoms with Gasteiger partial charge in [0.1, 0.15) is 5.82 Å². The van der Waals surface area contributed by atoms with Gasteiger partial charge in [-0.15, -0.1) is 0 Å². The van der Waals surface area contributed by atoms with Gasteiger partial charge in [0.15, 0.2) is 17.4 Å². The normalized spacial score (nSPS) is 17.6. The highest BCUT2D eigenvalue weighted by Gasteiger charge is 2.19.